The monoisotopic (exact) mass is 433 g/mol. The summed E-state index contributed by atoms with van der Waals surface area (Å²) in [4.78, 5) is 40.1. The van der Waals surface area contributed by atoms with Gasteiger partial charge in [-0.05, 0) is 53.4 Å². The molecule has 0 atom stereocenters. The van der Waals surface area contributed by atoms with Crippen molar-refractivity contribution in [2.24, 2.45) is 5.73 Å². The van der Waals surface area contributed by atoms with Gasteiger partial charge in [-0.15, -0.1) is 0 Å². The molecule has 0 unspecified atom stereocenters. The number of ether oxygens (including phenoxy) is 1. The number of carbonyl (C=O) groups excluding carboxylic acids is 2. The first kappa shape index (κ1) is 20.0. The average molecular weight is 433 g/mol. The van der Waals surface area contributed by atoms with Crippen molar-refractivity contribution in [1.29, 1.82) is 0 Å². The third-order valence-corrected chi connectivity index (χ3v) is 5.98. The second-order valence-corrected chi connectivity index (χ2v) is 7.89. The Morgan fingerprint density at radius 3 is 2.56 bits per heavy atom. The van der Waals surface area contributed by atoms with Crippen LogP contribution < -0.4 is 16.0 Å². The fourth-order valence-electron chi connectivity index (χ4n) is 4.43. The molecule has 3 aromatic rings. The van der Waals surface area contributed by atoms with Crippen LogP contribution in [0.4, 0.5) is 4.39 Å². The highest BCUT2D eigenvalue weighted by Crippen LogP contribution is 2.32. The fourth-order valence-corrected chi connectivity index (χ4v) is 4.43. The van der Waals surface area contributed by atoms with Crippen molar-refractivity contribution in [2.45, 2.75) is 19.4 Å². The summed E-state index contributed by atoms with van der Waals surface area (Å²) in [5.41, 5.74) is 8.01. The number of para-hydroxylation sites is 1. The van der Waals surface area contributed by atoms with E-state index < -0.39 is 17.3 Å². The first-order chi connectivity index (χ1) is 15.4. The smallest absolute Gasteiger partial charge is 0.268 e. The van der Waals surface area contributed by atoms with Gasteiger partial charge in [0.15, 0.2) is 0 Å². The van der Waals surface area contributed by atoms with Gasteiger partial charge in [-0.2, -0.15) is 0 Å². The van der Waals surface area contributed by atoms with Crippen LogP contribution in [-0.2, 0) is 19.4 Å². The van der Waals surface area contributed by atoms with E-state index in [9.17, 15) is 18.8 Å². The maximum Gasteiger partial charge on any atom is 0.268 e. The minimum Gasteiger partial charge on any atom is -0.492 e. The third kappa shape index (κ3) is 3.24. The Kier molecular flexibility index (Phi) is 4.77. The van der Waals surface area contributed by atoms with Gasteiger partial charge < -0.3 is 15.4 Å². The normalized spacial score (nSPS) is 14.5. The molecule has 2 aromatic carbocycles. The Morgan fingerprint density at radius 1 is 1.03 bits per heavy atom. The molecule has 0 aliphatic carbocycles. The molecule has 0 spiro atoms. The summed E-state index contributed by atoms with van der Waals surface area (Å²) in [6, 6.07) is 10.9. The van der Waals surface area contributed by atoms with Gasteiger partial charge in [0, 0.05) is 31.4 Å². The van der Waals surface area contributed by atoms with Gasteiger partial charge in [0.25, 0.3) is 17.4 Å². The molecule has 2 aliphatic heterocycles. The van der Waals surface area contributed by atoms with Crippen molar-refractivity contribution in [1.82, 2.24) is 9.47 Å². The van der Waals surface area contributed by atoms with Crippen molar-refractivity contribution in [3.05, 3.63) is 92.6 Å². The largest absolute Gasteiger partial charge is 0.492 e. The molecule has 8 heteroatoms. The Balaban J connectivity index is 1.56. The number of pyridine rings is 1. The van der Waals surface area contributed by atoms with Crippen molar-refractivity contribution in [2.75, 3.05) is 13.2 Å². The number of nitrogens with zero attached hydrogens (tertiary/aromatic N) is 2. The number of amides is 2. The first-order valence-electron chi connectivity index (χ1n) is 10.3. The van der Waals surface area contributed by atoms with Crippen LogP contribution in [0.1, 0.15) is 37.4 Å². The molecule has 2 aliphatic rings. The summed E-state index contributed by atoms with van der Waals surface area (Å²) in [5.74, 6) is -0.812. The number of primary amides is 1. The van der Waals surface area contributed by atoms with E-state index in [0.717, 1.165) is 12.0 Å². The summed E-state index contributed by atoms with van der Waals surface area (Å²) < 4.78 is 20.3. The predicted octanol–water partition coefficient (Wildman–Crippen LogP) is 2.21. The Morgan fingerprint density at radius 2 is 1.81 bits per heavy atom. The van der Waals surface area contributed by atoms with Gasteiger partial charge in [-0.3, -0.25) is 19.0 Å². The van der Waals surface area contributed by atoms with Gasteiger partial charge in [0.05, 0.1) is 12.2 Å². The molecule has 2 N–H and O–H groups in total. The molecule has 5 rings (SSSR count). The van der Waals surface area contributed by atoms with Crippen LogP contribution in [0.25, 0.3) is 5.69 Å². The molecule has 2 amide bonds. The topological polar surface area (TPSA) is 94.6 Å². The molecule has 7 nitrogen and oxygen atoms in total. The van der Waals surface area contributed by atoms with E-state index in [0.29, 0.717) is 47.7 Å². The maximum atomic E-state index is 13.4. The standard InChI is InChI=1S/C24H20FN3O4/c25-16-4-6-17(7-5-16)28-13-15-12-27(10-8-18(15)20(22(26)29)24(28)31)23(30)19-3-1-2-14-9-11-32-21(14)19/h1-7,13H,8-12H2,(H2,26,29). The highest BCUT2D eigenvalue weighted by Gasteiger charge is 2.30. The molecule has 0 saturated carbocycles. The van der Waals surface area contributed by atoms with Gasteiger partial charge in [0.2, 0.25) is 0 Å². The number of hydrogen-bond acceptors (Lipinski definition) is 4. The number of benzene rings is 2. The number of carbonyl (C=O) groups is 2. The van der Waals surface area contributed by atoms with Crippen molar-refractivity contribution < 1.29 is 18.7 Å². The van der Waals surface area contributed by atoms with Gasteiger partial charge >= 0.3 is 0 Å². The van der Waals surface area contributed by atoms with E-state index in [2.05, 4.69) is 0 Å². The fraction of sp³-hybridized carbons (Fsp3) is 0.208. The lowest BCUT2D eigenvalue weighted by Crippen LogP contribution is -2.40. The van der Waals surface area contributed by atoms with Crippen molar-refractivity contribution in [3.8, 4) is 11.4 Å². The van der Waals surface area contributed by atoms with E-state index in [-0.39, 0.29) is 18.0 Å². The van der Waals surface area contributed by atoms with Crippen LogP contribution in [-0.4, -0.2) is 34.4 Å². The third-order valence-electron chi connectivity index (χ3n) is 5.98. The summed E-state index contributed by atoms with van der Waals surface area (Å²) in [7, 11) is 0. The Hall–Kier alpha value is -3.94. The first-order valence-corrected chi connectivity index (χ1v) is 10.3. The zero-order valence-electron chi connectivity index (χ0n) is 17.1. The van der Waals surface area contributed by atoms with Gasteiger partial charge in [0.1, 0.15) is 17.1 Å². The number of halogens is 1. The van der Waals surface area contributed by atoms with E-state index >= 15 is 0 Å². The molecule has 0 radical (unpaired) electrons. The predicted molar refractivity (Wildman–Crippen MR) is 115 cm³/mol. The van der Waals surface area contributed by atoms with Crippen LogP contribution in [0.15, 0.2) is 53.5 Å². The quantitative estimate of drug-likeness (QED) is 0.685. The molecule has 0 bridgehead atoms. The number of fused-ring (bicyclic) bond motifs is 2. The van der Waals surface area contributed by atoms with E-state index in [1.54, 1.807) is 17.2 Å². The minimum absolute atomic E-state index is 0.0946. The Bertz CT molecular complexity index is 1310. The van der Waals surface area contributed by atoms with E-state index in [1.807, 2.05) is 12.1 Å². The molecule has 32 heavy (non-hydrogen) atoms. The van der Waals surface area contributed by atoms with E-state index in [4.69, 9.17) is 10.5 Å². The van der Waals surface area contributed by atoms with Gasteiger partial charge in [-0.1, -0.05) is 12.1 Å². The number of aromatic nitrogens is 1. The lowest BCUT2D eigenvalue weighted by molar-refractivity contribution is 0.0730. The SMILES string of the molecule is NC(=O)c1c2c(cn(-c3ccc(F)cc3)c1=O)CN(C(=O)c1cccc3c1OCC3)CC2. The van der Waals surface area contributed by atoms with Crippen LogP contribution in [0.3, 0.4) is 0 Å². The van der Waals surface area contributed by atoms with Crippen molar-refractivity contribution in [3.63, 3.8) is 0 Å². The molecule has 1 aromatic heterocycles. The zero-order valence-corrected chi connectivity index (χ0v) is 17.1. The zero-order chi connectivity index (χ0) is 22.4. The second kappa shape index (κ2) is 7.64. The van der Waals surface area contributed by atoms with Gasteiger partial charge in [-0.25, -0.2) is 4.39 Å². The summed E-state index contributed by atoms with van der Waals surface area (Å²) in [6.45, 7) is 1.10. The highest BCUT2D eigenvalue weighted by atomic mass is 19.1. The second-order valence-electron chi connectivity index (χ2n) is 7.89. The minimum atomic E-state index is -0.822. The lowest BCUT2D eigenvalue weighted by Gasteiger charge is -2.30. The Labute approximate surface area is 182 Å². The van der Waals surface area contributed by atoms with Crippen molar-refractivity contribution >= 4 is 11.8 Å². The number of rotatable bonds is 3. The molecular weight excluding hydrogens is 413 g/mol. The van der Waals surface area contributed by atoms with E-state index in [1.165, 1.54) is 28.8 Å². The number of hydrogen-bond donors (Lipinski definition) is 1. The molecular formula is C24H20FN3O4. The summed E-state index contributed by atoms with van der Waals surface area (Å²) in [6.07, 6.45) is 2.70. The highest BCUT2D eigenvalue weighted by molar-refractivity contribution is 5.98. The maximum absolute atomic E-state index is 13.4. The van der Waals surface area contributed by atoms with Crippen LogP contribution in [0, 0.1) is 5.82 Å². The lowest BCUT2D eigenvalue weighted by atomic mass is 9.95. The van der Waals surface area contributed by atoms with Crippen LogP contribution in [0.5, 0.6) is 5.75 Å². The summed E-state index contributed by atoms with van der Waals surface area (Å²) >= 11 is 0. The molecule has 162 valence electrons. The molecule has 0 saturated heterocycles. The molecule has 0 fully saturated rings. The average Bonchev–Trinajstić information content (AvgIpc) is 3.27. The van der Waals surface area contributed by atoms with Crippen LogP contribution >= 0.6 is 0 Å². The van der Waals surface area contributed by atoms with Crippen LogP contribution in [0.2, 0.25) is 0 Å². The number of nitrogens with two attached hydrogens (primary N) is 1. The molecule has 3 heterocycles. The summed E-state index contributed by atoms with van der Waals surface area (Å²) in [5, 5.41) is 0.